The fourth-order valence-electron chi connectivity index (χ4n) is 3.76. The number of hydrogen-bond donors (Lipinski definition) is 3. The van der Waals surface area contributed by atoms with Gasteiger partial charge in [-0.3, -0.25) is 19.7 Å². The van der Waals surface area contributed by atoms with Gasteiger partial charge in [-0.25, -0.2) is 13.9 Å². The van der Waals surface area contributed by atoms with Gasteiger partial charge in [0.05, 0.1) is 11.8 Å². The van der Waals surface area contributed by atoms with Crippen LogP contribution in [-0.4, -0.2) is 79.7 Å². The molecule has 1 aliphatic rings. The molecule has 3 rings (SSSR count). The van der Waals surface area contributed by atoms with Crippen molar-refractivity contribution in [2.75, 3.05) is 39.0 Å². The van der Waals surface area contributed by atoms with E-state index >= 15 is 0 Å². The first-order valence-corrected chi connectivity index (χ1v) is 13.0. The van der Waals surface area contributed by atoms with Crippen molar-refractivity contribution < 1.29 is 41.1 Å². The van der Waals surface area contributed by atoms with E-state index in [1.807, 2.05) is 0 Å². The first-order chi connectivity index (χ1) is 17.4. The second-order valence-corrected chi connectivity index (χ2v) is 10.4. The molecule has 2 aromatic carbocycles. The summed E-state index contributed by atoms with van der Waals surface area (Å²) in [5, 5.41) is 11.7. The van der Waals surface area contributed by atoms with E-state index in [2.05, 4.69) is 5.32 Å². The quantitative estimate of drug-likeness (QED) is 0.322. The molecule has 0 radical (unpaired) electrons. The minimum absolute atomic E-state index is 0.0359. The number of halogens is 3. The van der Waals surface area contributed by atoms with Crippen LogP contribution in [0.2, 0.25) is 0 Å². The van der Waals surface area contributed by atoms with E-state index in [1.54, 1.807) is 10.4 Å². The van der Waals surface area contributed by atoms with Gasteiger partial charge in [0.15, 0.2) is 0 Å². The average molecular weight is 545 g/mol. The summed E-state index contributed by atoms with van der Waals surface area (Å²) in [5.74, 6) is -0.822. The highest BCUT2D eigenvalue weighted by atomic mass is 32.2. The normalized spacial score (nSPS) is 16.1. The van der Waals surface area contributed by atoms with Crippen LogP contribution in [0, 0.1) is 0 Å². The first kappa shape index (κ1) is 28.4. The van der Waals surface area contributed by atoms with Crippen LogP contribution in [0.25, 0.3) is 0 Å². The molecule has 1 fully saturated rings. The molecule has 1 saturated heterocycles. The molecule has 1 atom stereocenters. The zero-order chi connectivity index (χ0) is 27.2. The summed E-state index contributed by atoms with van der Waals surface area (Å²) in [6.45, 7) is 0.744. The van der Waals surface area contributed by atoms with Gasteiger partial charge in [-0.05, 0) is 42.0 Å². The standard InChI is InChI=1S/C23H27F3N4O6S/c1-37(34,35)30-12-10-29(11-13-30)20(22(32)28-33)14-27-21(31)17-4-8-19(9-5-17)36-15-16-2-6-18(7-3-16)23(24,25)26/h2-9,20,33H,10-15H2,1H3,(H,27,31)(H,28,32). The molecule has 0 aromatic heterocycles. The maximum atomic E-state index is 12.7. The Labute approximate surface area is 212 Å². The van der Waals surface area contributed by atoms with Crippen molar-refractivity contribution in [3.63, 3.8) is 0 Å². The smallest absolute Gasteiger partial charge is 0.416 e. The Morgan fingerprint density at radius 3 is 2.14 bits per heavy atom. The molecular formula is C23H27F3N4O6S. The van der Waals surface area contributed by atoms with Crippen LogP contribution in [0.3, 0.4) is 0 Å². The molecule has 2 amide bonds. The third kappa shape index (κ3) is 7.89. The molecule has 0 bridgehead atoms. The summed E-state index contributed by atoms with van der Waals surface area (Å²) in [4.78, 5) is 26.4. The molecule has 14 heteroatoms. The zero-order valence-electron chi connectivity index (χ0n) is 19.9. The van der Waals surface area contributed by atoms with Gasteiger partial charge in [0.2, 0.25) is 10.0 Å². The number of carbonyl (C=O) groups excluding carboxylic acids is 2. The lowest BCUT2D eigenvalue weighted by molar-refractivity contribution is -0.137. The summed E-state index contributed by atoms with van der Waals surface area (Å²) >= 11 is 0. The van der Waals surface area contributed by atoms with Gasteiger partial charge >= 0.3 is 6.18 Å². The monoisotopic (exact) mass is 544 g/mol. The number of rotatable bonds is 9. The lowest BCUT2D eigenvalue weighted by Gasteiger charge is -2.37. The number of nitrogens with zero attached hydrogens (tertiary/aromatic N) is 2. The number of benzene rings is 2. The maximum Gasteiger partial charge on any atom is 0.416 e. The first-order valence-electron chi connectivity index (χ1n) is 11.2. The summed E-state index contributed by atoms with van der Waals surface area (Å²) in [5.41, 5.74) is 1.64. The Morgan fingerprint density at radius 2 is 1.62 bits per heavy atom. The lowest BCUT2D eigenvalue weighted by Crippen LogP contribution is -2.58. The molecule has 10 nitrogen and oxygen atoms in total. The fourth-order valence-corrected chi connectivity index (χ4v) is 4.59. The largest absolute Gasteiger partial charge is 0.489 e. The fraction of sp³-hybridized carbons (Fsp3) is 0.391. The minimum Gasteiger partial charge on any atom is -0.489 e. The number of hydroxylamine groups is 1. The SMILES string of the molecule is CS(=O)(=O)N1CCN(C(CNC(=O)c2ccc(OCc3ccc(C(F)(F)F)cc3)cc2)C(=O)NO)CC1. The van der Waals surface area contributed by atoms with E-state index in [9.17, 15) is 31.2 Å². The van der Waals surface area contributed by atoms with E-state index in [-0.39, 0.29) is 44.9 Å². The molecule has 0 saturated carbocycles. The van der Waals surface area contributed by atoms with Crippen LogP contribution < -0.4 is 15.5 Å². The summed E-state index contributed by atoms with van der Waals surface area (Å²) in [6, 6.07) is 9.72. The minimum atomic E-state index is -4.41. The molecule has 1 unspecified atom stereocenters. The average Bonchev–Trinajstić information content (AvgIpc) is 2.87. The highest BCUT2D eigenvalue weighted by Gasteiger charge is 2.32. The molecule has 1 heterocycles. The zero-order valence-corrected chi connectivity index (χ0v) is 20.7. The highest BCUT2D eigenvalue weighted by Crippen LogP contribution is 2.29. The van der Waals surface area contributed by atoms with Crippen molar-refractivity contribution in [1.29, 1.82) is 0 Å². The number of alkyl halides is 3. The summed E-state index contributed by atoms with van der Waals surface area (Å²) < 4.78 is 68.2. The van der Waals surface area contributed by atoms with Gasteiger partial charge < -0.3 is 10.1 Å². The third-order valence-corrected chi connectivity index (χ3v) is 7.16. The molecule has 37 heavy (non-hydrogen) atoms. The van der Waals surface area contributed by atoms with Crippen molar-refractivity contribution >= 4 is 21.8 Å². The van der Waals surface area contributed by atoms with Gasteiger partial charge in [0.1, 0.15) is 18.4 Å². The summed E-state index contributed by atoms with van der Waals surface area (Å²) in [6.07, 6.45) is -3.31. The molecule has 0 aliphatic carbocycles. The van der Waals surface area contributed by atoms with E-state index in [4.69, 9.17) is 9.94 Å². The molecule has 1 aliphatic heterocycles. The number of sulfonamides is 1. The maximum absolute atomic E-state index is 12.7. The van der Waals surface area contributed by atoms with E-state index in [1.165, 1.54) is 40.7 Å². The van der Waals surface area contributed by atoms with Crippen LogP contribution in [0.5, 0.6) is 5.75 Å². The van der Waals surface area contributed by atoms with Crippen LogP contribution in [0.4, 0.5) is 13.2 Å². The number of ether oxygens (including phenoxy) is 1. The van der Waals surface area contributed by atoms with Gasteiger partial charge in [-0.1, -0.05) is 12.1 Å². The highest BCUT2D eigenvalue weighted by molar-refractivity contribution is 7.88. The Kier molecular flexibility index (Phi) is 9.12. The predicted molar refractivity (Wildman–Crippen MR) is 126 cm³/mol. The number of nitrogens with one attached hydrogen (secondary N) is 2. The van der Waals surface area contributed by atoms with Crippen molar-refractivity contribution in [3.05, 3.63) is 65.2 Å². The number of amides is 2. The Hall–Kier alpha value is -3.20. The van der Waals surface area contributed by atoms with E-state index < -0.39 is 39.6 Å². The lowest BCUT2D eigenvalue weighted by atomic mass is 10.1. The Bertz CT molecular complexity index is 1180. The van der Waals surface area contributed by atoms with Crippen LogP contribution in [0.15, 0.2) is 48.5 Å². The third-order valence-electron chi connectivity index (χ3n) is 5.86. The van der Waals surface area contributed by atoms with Crippen molar-refractivity contribution in [2.45, 2.75) is 18.8 Å². The Morgan fingerprint density at radius 1 is 1.03 bits per heavy atom. The second-order valence-electron chi connectivity index (χ2n) is 8.41. The Balaban J connectivity index is 1.53. The van der Waals surface area contributed by atoms with Gasteiger partial charge in [-0.15, -0.1) is 0 Å². The molecule has 0 spiro atoms. The second kappa shape index (κ2) is 11.9. The van der Waals surface area contributed by atoms with Crippen molar-refractivity contribution in [3.8, 4) is 5.75 Å². The predicted octanol–water partition coefficient (Wildman–Crippen LogP) is 1.47. The van der Waals surface area contributed by atoms with Crippen molar-refractivity contribution in [1.82, 2.24) is 20.0 Å². The van der Waals surface area contributed by atoms with Crippen LogP contribution >= 0.6 is 0 Å². The van der Waals surface area contributed by atoms with Gasteiger partial charge in [-0.2, -0.15) is 17.5 Å². The van der Waals surface area contributed by atoms with E-state index in [0.717, 1.165) is 18.4 Å². The number of carbonyl (C=O) groups is 2. The van der Waals surface area contributed by atoms with E-state index in [0.29, 0.717) is 11.3 Å². The molecule has 202 valence electrons. The van der Waals surface area contributed by atoms with Crippen LogP contribution in [-0.2, 0) is 27.6 Å². The van der Waals surface area contributed by atoms with Crippen LogP contribution in [0.1, 0.15) is 21.5 Å². The molecule has 2 aromatic rings. The molecule has 3 N–H and O–H groups in total. The van der Waals surface area contributed by atoms with Gasteiger partial charge in [0.25, 0.3) is 11.8 Å². The van der Waals surface area contributed by atoms with Gasteiger partial charge in [0, 0.05) is 38.3 Å². The topological polar surface area (TPSA) is 128 Å². The number of piperazine rings is 1. The van der Waals surface area contributed by atoms with Crippen molar-refractivity contribution in [2.24, 2.45) is 0 Å². The summed E-state index contributed by atoms with van der Waals surface area (Å²) in [7, 11) is -3.36. The molecular weight excluding hydrogens is 517 g/mol. The number of hydrogen-bond acceptors (Lipinski definition) is 7.